The van der Waals surface area contributed by atoms with E-state index in [0.717, 1.165) is 0 Å². The molecular formula is C15H11FN2O2. The molecule has 2 rings (SSSR count). The van der Waals surface area contributed by atoms with Crippen LogP contribution in [0.2, 0.25) is 0 Å². The molecule has 1 aromatic carbocycles. The van der Waals surface area contributed by atoms with Gasteiger partial charge in [-0.3, -0.25) is 9.78 Å². The van der Waals surface area contributed by atoms with Gasteiger partial charge in [0.25, 0.3) is 5.91 Å². The maximum atomic E-state index is 13.4. The molecule has 0 spiro atoms. The van der Waals surface area contributed by atoms with E-state index in [2.05, 4.69) is 22.1 Å². The lowest BCUT2D eigenvalue weighted by atomic mass is 10.2. The smallest absolute Gasteiger partial charge is 0.257 e. The van der Waals surface area contributed by atoms with Gasteiger partial charge in [0.1, 0.15) is 12.4 Å². The topological polar surface area (TPSA) is 62.2 Å². The van der Waals surface area contributed by atoms with Gasteiger partial charge in [0.15, 0.2) is 0 Å². The van der Waals surface area contributed by atoms with Gasteiger partial charge in [-0.2, -0.15) is 0 Å². The zero-order valence-corrected chi connectivity index (χ0v) is 10.4. The van der Waals surface area contributed by atoms with Gasteiger partial charge in [0.2, 0.25) is 0 Å². The lowest BCUT2D eigenvalue weighted by molar-refractivity contribution is 0.102. The lowest BCUT2D eigenvalue weighted by Gasteiger charge is -2.06. The molecule has 4 nitrogen and oxygen atoms in total. The highest BCUT2D eigenvalue weighted by molar-refractivity contribution is 6.04. The second-order valence-electron chi connectivity index (χ2n) is 3.86. The number of benzene rings is 1. The highest BCUT2D eigenvalue weighted by Crippen LogP contribution is 2.14. The van der Waals surface area contributed by atoms with Crippen molar-refractivity contribution < 1.29 is 14.3 Å². The number of halogens is 1. The highest BCUT2D eigenvalue weighted by Gasteiger charge is 2.09. The van der Waals surface area contributed by atoms with Crippen molar-refractivity contribution in [3.05, 3.63) is 59.7 Å². The first kappa shape index (κ1) is 13.7. The van der Waals surface area contributed by atoms with Crippen LogP contribution < -0.4 is 5.32 Å². The molecule has 2 N–H and O–H groups in total. The van der Waals surface area contributed by atoms with E-state index in [1.54, 1.807) is 6.07 Å². The van der Waals surface area contributed by atoms with E-state index in [1.807, 2.05) is 0 Å². The minimum atomic E-state index is -0.509. The van der Waals surface area contributed by atoms with Crippen molar-refractivity contribution in [2.24, 2.45) is 0 Å². The molecule has 0 saturated heterocycles. The molecule has 0 saturated carbocycles. The number of aliphatic hydroxyl groups excluding tert-OH is 1. The fraction of sp³-hybridized carbons (Fsp3) is 0.0667. The summed E-state index contributed by atoms with van der Waals surface area (Å²) in [4.78, 5) is 15.9. The van der Waals surface area contributed by atoms with Crippen molar-refractivity contribution in [2.75, 3.05) is 11.9 Å². The van der Waals surface area contributed by atoms with Gasteiger partial charge in [0.05, 0.1) is 11.3 Å². The van der Waals surface area contributed by atoms with Crippen LogP contribution in [0.25, 0.3) is 0 Å². The zero-order valence-electron chi connectivity index (χ0n) is 10.4. The van der Waals surface area contributed by atoms with Gasteiger partial charge in [-0.1, -0.05) is 24.0 Å². The first-order valence-corrected chi connectivity index (χ1v) is 5.81. The van der Waals surface area contributed by atoms with Crippen LogP contribution in [0.3, 0.4) is 0 Å². The van der Waals surface area contributed by atoms with E-state index in [1.165, 1.54) is 36.7 Å². The average molecular weight is 270 g/mol. The molecule has 5 heteroatoms. The van der Waals surface area contributed by atoms with Crippen LogP contribution in [0, 0.1) is 17.7 Å². The largest absolute Gasteiger partial charge is 0.384 e. The van der Waals surface area contributed by atoms with Crippen molar-refractivity contribution in [3.63, 3.8) is 0 Å². The molecule has 100 valence electrons. The molecule has 1 aromatic heterocycles. The van der Waals surface area contributed by atoms with Crippen molar-refractivity contribution in [3.8, 4) is 11.8 Å². The van der Waals surface area contributed by atoms with Gasteiger partial charge in [-0.15, -0.1) is 0 Å². The molecule has 0 unspecified atom stereocenters. The number of amides is 1. The van der Waals surface area contributed by atoms with Crippen LogP contribution in [-0.2, 0) is 0 Å². The Balaban J connectivity index is 2.19. The Kier molecular flexibility index (Phi) is 4.43. The summed E-state index contributed by atoms with van der Waals surface area (Å²) in [6.45, 7) is -0.272. The van der Waals surface area contributed by atoms with Gasteiger partial charge >= 0.3 is 0 Å². The fourth-order valence-corrected chi connectivity index (χ4v) is 1.53. The van der Waals surface area contributed by atoms with Crippen LogP contribution >= 0.6 is 0 Å². The summed E-state index contributed by atoms with van der Waals surface area (Å²) in [7, 11) is 0. The van der Waals surface area contributed by atoms with Crippen LogP contribution in [0.4, 0.5) is 10.1 Å². The number of hydrogen-bond donors (Lipinski definition) is 2. The minimum absolute atomic E-state index is 0.101. The molecule has 0 radical (unpaired) electrons. The second kappa shape index (κ2) is 6.45. The second-order valence-corrected chi connectivity index (χ2v) is 3.86. The van der Waals surface area contributed by atoms with E-state index in [4.69, 9.17) is 5.11 Å². The van der Waals surface area contributed by atoms with Gasteiger partial charge in [-0.05, 0) is 18.2 Å². The highest BCUT2D eigenvalue weighted by atomic mass is 19.1. The molecule has 0 aliphatic carbocycles. The van der Waals surface area contributed by atoms with E-state index in [-0.39, 0.29) is 17.9 Å². The van der Waals surface area contributed by atoms with Crippen molar-refractivity contribution in [1.82, 2.24) is 4.98 Å². The van der Waals surface area contributed by atoms with Crippen molar-refractivity contribution in [2.45, 2.75) is 0 Å². The monoisotopic (exact) mass is 270 g/mol. The molecule has 0 fully saturated rings. The lowest BCUT2D eigenvalue weighted by Crippen LogP contribution is -2.13. The Labute approximate surface area is 115 Å². The number of pyridine rings is 1. The summed E-state index contributed by atoms with van der Waals surface area (Å²) in [5.41, 5.74) is 0.863. The molecule has 1 heterocycles. The SMILES string of the molecule is O=C(Nc1ccccc1F)c1cncc(C#CCO)c1. The summed E-state index contributed by atoms with van der Waals surface area (Å²) in [6.07, 6.45) is 2.84. The number of aromatic nitrogens is 1. The first-order chi connectivity index (χ1) is 9.70. The number of aliphatic hydroxyl groups is 1. The predicted molar refractivity (Wildman–Crippen MR) is 72.6 cm³/mol. The number of rotatable bonds is 2. The van der Waals surface area contributed by atoms with Gasteiger partial charge < -0.3 is 10.4 Å². The number of nitrogens with zero attached hydrogens (tertiary/aromatic N) is 1. The molecular weight excluding hydrogens is 259 g/mol. The molecule has 0 atom stereocenters. The minimum Gasteiger partial charge on any atom is -0.384 e. The van der Waals surface area contributed by atoms with Gasteiger partial charge in [-0.25, -0.2) is 4.39 Å². The standard InChI is InChI=1S/C15H11FN2O2/c16-13-5-1-2-6-14(13)18-15(20)12-8-11(4-3-7-19)9-17-10-12/h1-2,5-6,8-10,19H,7H2,(H,18,20). The Hall–Kier alpha value is -2.71. The Bertz CT molecular complexity index is 690. The normalized spacial score (nSPS) is 9.50. The Morgan fingerprint density at radius 2 is 2.15 bits per heavy atom. The van der Waals surface area contributed by atoms with Crippen molar-refractivity contribution >= 4 is 11.6 Å². The number of anilines is 1. The summed E-state index contributed by atoms with van der Waals surface area (Å²) in [5.74, 6) is 4.13. The molecule has 20 heavy (non-hydrogen) atoms. The molecule has 0 bridgehead atoms. The quantitative estimate of drug-likeness (QED) is 0.818. The molecule has 0 aliphatic rings. The van der Waals surface area contributed by atoms with Crippen LogP contribution in [0.15, 0.2) is 42.7 Å². The summed E-state index contributed by atoms with van der Waals surface area (Å²) in [5, 5.41) is 11.1. The number of para-hydroxylation sites is 1. The van der Waals surface area contributed by atoms with E-state index in [9.17, 15) is 9.18 Å². The summed E-state index contributed by atoms with van der Waals surface area (Å²) >= 11 is 0. The summed E-state index contributed by atoms with van der Waals surface area (Å²) in [6, 6.07) is 7.41. The third-order valence-corrected chi connectivity index (χ3v) is 2.43. The number of carbonyl (C=O) groups is 1. The number of nitrogens with one attached hydrogen (secondary N) is 1. The molecule has 0 aliphatic heterocycles. The number of carbonyl (C=O) groups excluding carboxylic acids is 1. The van der Waals surface area contributed by atoms with Gasteiger partial charge in [0, 0.05) is 18.0 Å². The maximum Gasteiger partial charge on any atom is 0.257 e. The molecule has 1 amide bonds. The average Bonchev–Trinajstić information content (AvgIpc) is 2.48. The van der Waals surface area contributed by atoms with E-state index >= 15 is 0 Å². The third kappa shape index (κ3) is 3.40. The Morgan fingerprint density at radius 3 is 2.90 bits per heavy atom. The predicted octanol–water partition coefficient (Wildman–Crippen LogP) is 1.82. The summed E-state index contributed by atoms with van der Waals surface area (Å²) < 4.78 is 13.4. The van der Waals surface area contributed by atoms with E-state index in [0.29, 0.717) is 5.56 Å². The zero-order chi connectivity index (χ0) is 14.4. The maximum absolute atomic E-state index is 13.4. The Morgan fingerprint density at radius 1 is 1.35 bits per heavy atom. The molecule has 2 aromatic rings. The number of hydrogen-bond acceptors (Lipinski definition) is 3. The third-order valence-electron chi connectivity index (χ3n) is 2.43. The fourth-order valence-electron chi connectivity index (χ4n) is 1.53. The van der Waals surface area contributed by atoms with Crippen LogP contribution in [0.5, 0.6) is 0 Å². The van der Waals surface area contributed by atoms with E-state index < -0.39 is 11.7 Å². The first-order valence-electron chi connectivity index (χ1n) is 5.81. The van der Waals surface area contributed by atoms with Crippen LogP contribution in [0.1, 0.15) is 15.9 Å². The van der Waals surface area contributed by atoms with Crippen molar-refractivity contribution in [1.29, 1.82) is 0 Å². The van der Waals surface area contributed by atoms with Crippen LogP contribution in [-0.4, -0.2) is 22.6 Å².